The average Bonchev–Trinajstić information content (AvgIpc) is 3.59. The van der Waals surface area contributed by atoms with Gasteiger partial charge in [-0.2, -0.15) is 10.4 Å². The number of nitrogens with zero attached hydrogens (tertiary/aromatic N) is 5. The third kappa shape index (κ3) is 5.60. The minimum atomic E-state index is -3.03. The molecule has 2 aromatic heterocycles. The number of alkyl halides is 2. The number of amides is 1. The van der Waals surface area contributed by atoms with Crippen LogP contribution in [0.25, 0.3) is 16.9 Å². The Kier molecular flexibility index (Phi) is 7.00. The highest BCUT2D eigenvalue weighted by atomic mass is 32.2. The lowest BCUT2D eigenvalue weighted by molar-refractivity contribution is -0.131. The van der Waals surface area contributed by atoms with E-state index in [2.05, 4.69) is 21.5 Å². The summed E-state index contributed by atoms with van der Waals surface area (Å²) in [5.74, 6) is -5.49. The van der Waals surface area contributed by atoms with Gasteiger partial charge in [-0.05, 0) is 49.1 Å². The van der Waals surface area contributed by atoms with E-state index in [1.54, 1.807) is 6.20 Å². The fourth-order valence-electron chi connectivity index (χ4n) is 5.83. The van der Waals surface area contributed by atoms with E-state index >= 15 is 0 Å². The monoisotopic (exact) mass is 597 g/mol. The van der Waals surface area contributed by atoms with Crippen LogP contribution in [0.5, 0.6) is 0 Å². The first-order chi connectivity index (χ1) is 20.0. The van der Waals surface area contributed by atoms with Gasteiger partial charge in [-0.15, -0.1) is 0 Å². The van der Waals surface area contributed by atoms with Crippen molar-refractivity contribution in [3.8, 4) is 23.0 Å². The second kappa shape index (κ2) is 10.4. The number of aromatic nitrogens is 3. The lowest BCUT2D eigenvalue weighted by atomic mass is 9.74. The van der Waals surface area contributed by atoms with Crippen molar-refractivity contribution in [3.05, 3.63) is 60.3 Å². The fourth-order valence-corrected chi connectivity index (χ4v) is 7.07. The van der Waals surface area contributed by atoms with Gasteiger partial charge >= 0.3 is 0 Å². The van der Waals surface area contributed by atoms with Gasteiger partial charge in [-0.25, -0.2) is 27.0 Å². The Balaban J connectivity index is 1.39. The second-order valence-electron chi connectivity index (χ2n) is 11.4. The van der Waals surface area contributed by atoms with Crippen molar-refractivity contribution in [1.82, 2.24) is 20.1 Å². The van der Waals surface area contributed by atoms with Gasteiger partial charge in [0.15, 0.2) is 11.6 Å². The molecule has 2 unspecified atom stereocenters. The maximum Gasteiger partial charge on any atom is 0.248 e. The molecule has 0 radical (unpaired) electrons. The van der Waals surface area contributed by atoms with Crippen molar-refractivity contribution in [2.24, 2.45) is 5.92 Å². The number of hydrogen-bond acceptors (Lipinski definition) is 7. The summed E-state index contributed by atoms with van der Waals surface area (Å²) in [4.78, 5) is 19.5. The van der Waals surface area contributed by atoms with Crippen LogP contribution in [-0.4, -0.2) is 60.9 Å². The lowest BCUT2D eigenvalue weighted by Gasteiger charge is -2.35. The maximum atomic E-state index is 14.9. The number of halogens is 3. The Morgan fingerprint density at radius 3 is 2.50 bits per heavy atom. The molecule has 2 N–H and O–H groups in total. The Hall–Kier alpha value is -3.92. The number of nitriles is 1. The van der Waals surface area contributed by atoms with E-state index in [0.29, 0.717) is 37.1 Å². The van der Waals surface area contributed by atoms with E-state index in [1.165, 1.54) is 23.0 Å². The molecule has 3 heterocycles. The number of nitrogens with one attached hydrogen (secondary N) is 2. The zero-order valence-corrected chi connectivity index (χ0v) is 23.5. The van der Waals surface area contributed by atoms with E-state index in [4.69, 9.17) is 4.78 Å². The summed E-state index contributed by atoms with van der Waals surface area (Å²) in [6.07, 6.45) is 2.84. The summed E-state index contributed by atoms with van der Waals surface area (Å²) in [5, 5.41) is 16.8. The van der Waals surface area contributed by atoms with Crippen molar-refractivity contribution in [3.63, 3.8) is 0 Å². The summed E-state index contributed by atoms with van der Waals surface area (Å²) in [7, 11) is -2.55. The number of rotatable bonds is 6. The molecule has 3 aliphatic rings. The van der Waals surface area contributed by atoms with E-state index < -0.39 is 57.6 Å². The van der Waals surface area contributed by atoms with Crippen LogP contribution in [0.3, 0.4) is 0 Å². The van der Waals surface area contributed by atoms with Crippen LogP contribution in [0.4, 0.5) is 18.9 Å². The maximum absolute atomic E-state index is 14.9. The van der Waals surface area contributed by atoms with E-state index in [0.717, 1.165) is 5.69 Å². The molecule has 9 nitrogen and oxygen atoms in total. The molecule has 1 amide bonds. The fraction of sp³-hybridized carbons (Fsp3) is 0.448. The van der Waals surface area contributed by atoms with Gasteiger partial charge in [0.2, 0.25) is 11.8 Å². The van der Waals surface area contributed by atoms with Gasteiger partial charge in [0, 0.05) is 82.6 Å². The molecule has 3 aromatic rings. The van der Waals surface area contributed by atoms with E-state index in [-0.39, 0.29) is 29.4 Å². The van der Waals surface area contributed by atoms with Crippen molar-refractivity contribution >= 4 is 21.3 Å². The molecule has 1 aromatic carbocycles. The zero-order valence-electron chi connectivity index (χ0n) is 22.7. The molecular formula is C29H30F3N7O2S. The number of anilines is 1. The molecule has 2 saturated carbocycles. The van der Waals surface area contributed by atoms with Crippen LogP contribution in [0.15, 0.2) is 48.8 Å². The van der Waals surface area contributed by atoms with E-state index in [9.17, 15) is 27.4 Å². The third-order valence-corrected chi connectivity index (χ3v) is 10.1. The first kappa shape index (κ1) is 28.2. The molecular weight excluding hydrogens is 567 g/mol. The van der Waals surface area contributed by atoms with Gasteiger partial charge in [-0.1, -0.05) is 12.1 Å². The summed E-state index contributed by atoms with van der Waals surface area (Å²) in [6.45, 7) is 0.976. The number of pyridine rings is 1. The highest BCUT2D eigenvalue weighted by Gasteiger charge is 2.50. The van der Waals surface area contributed by atoms with Crippen molar-refractivity contribution < 1.29 is 22.2 Å². The van der Waals surface area contributed by atoms with Crippen LogP contribution in [-0.2, 0) is 14.5 Å². The zero-order chi connectivity index (χ0) is 29.7. The molecule has 0 spiro atoms. The predicted molar refractivity (Wildman–Crippen MR) is 150 cm³/mol. The largest absolute Gasteiger partial charge is 0.370 e. The highest BCUT2D eigenvalue weighted by molar-refractivity contribution is 7.92. The van der Waals surface area contributed by atoms with Crippen LogP contribution >= 0.6 is 0 Å². The Morgan fingerprint density at radius 1 is 1.14 bits per heavy atom. The molecule has 1 saturated heterocycles. The Bertz CT molecular complexity index is 1650. The molecule has 1 aliphatic heterocycles. The molecule has 2 atom stereocenters. The predicted octanol–water partition coefficient (Wildman–Crippen LogP) is 4.63. The minimum absolute atomic E-state index is 0.0810. The SMILES string of the molecule is N#CC1(NC(=O)C2CCC(F)(F)CC2c2nn(-c3ncccc3F)cc2-c2ccc(N3CCS(=N)(=O)CC3)cc2)CC1. The van der Waals surface area contributed by atoms with Crippen LogP contribution in [0.2, 0.25) is 0 Å². The van der Waals surface area contributed by atoms with Gasteiger partial charge in [0.1, 0.15) is 5.54 Å². The van der Waals surface area contributed by atoms with Crippen molar-refractivity contribution in [2.45, 2.75) is 49.5 Å². The van der Waals surface area contributed by atoms with Crippen LogP contribution in [0.1, 0.15) is 43.7 Å². The van der Waals surface area contributed by atoms with Gasteiger partial charge in [0.25, 0.3) is 0 Å². The molecule has 220 valence electrons. The molecule has 0 bridgehead atoms. The molecule has 3 fully saturated rings. The molecule has 6 rings (SSSR count). The van der Waals surface area contributed by atoms with Crippen molar-refractivity contribution in [2.75, 3.05) is 29.5 Å². The summed E-state index contributed by atoms with van der Waals surface area (Å²) < 4.78 is 65.7. The number of carbonyl (C=O) groups is 1. The topological polar surface area (TPSA) is 128 Å². The van der Waals surface area contributed by atoms with E-state index in [1.807, 2.05) is 29.2 Å². The number of carbonyl (C=O) groups excluding carboxylic acids is 1. The van der Waals surface area contributed by atoms with Crippen molar-refractivity contribution in [1.29, 1.82) is 10.0 Å². The third-order valence-electron chi connectivity index (χ3n) is 8.46. The average molecular weight is 598 g/mol. The van der Waals surface area contributed by atoms with Gasteiger partial charge in [-0.3, -0.25) is 9.57 Å². The lowest BCUT2D eigenvalue weighted by Crippen LogP contribution is -2.45. The molecule has 42 heavy (non-hydrogen) atoms. The smallest absolute Gasteiger partial charge is 0.248 e. The summed E-state index contributed by atoms with van der Waals surface area (Å²) in [6, 6.07) is 12.1. The molecule has 13 heteroatoms. The summed E-state index contributed by atoms with van der Waals surface area (Å²) in [5.41, 5.74) is 1.27. The molecule has 2 aliphatic carbocycles. The Labute approximate surface area is 241 Å². The minimum Gasteiger partial charge on any atom is -0.370 e. The first-order valence-corrected chi connectivity index (χ1v) is 15.8. The number of benzene rings is 1. The standard InChI is InChI=1S/C29H30F3N7O2S/c30-24-2-1-11-35-26(24)39-17-23(19-3-5-20(6-4-19)38-12-14-42(34,41)15-13-38)25(37-39)22-16-29(31,32)8-7-21(22)27(40)36-28(18-33)9-10-28/h1-6,11,17,21-22,34H,7-10,12-16H2,(H,36,40). The van der Waals surface area contributed by atoms with Gasteiger partial charge in [0.05, 0.1) is 11.8 Å². The quantitative estimate of drug-likeness (QED) is 0.427. The van der Waals surface area contributed by atoms with Crippen LogP contribution in [0, 0.1) is 27.8 Å². The Morgan fingerprint density at radius 2 is 1.86 bits per heavy atom. The first-order valence-electron chi connectivity index (χ1n) is 13.9. The normalized spacial score (nSPS) is 24.0. The second-order valence-corrected chi connectivity index (χ2v) is 13.9. The summed E-state index contributed by atoms with van der Waals surface area (Å²) >= 11 is 0. The highest BCUT2D eigenvalue weighted by Crippen LogP contribution is 2.48. The van der Waals surface area contributed by atoms with Gasteiger partial charge < -0.3 is 10.2 Å². The number of hydrogen-bond donors (Lipinski definition) is 2. The van der Waals surface area contributed by atoms with Crippen LogP contribution < -0.4 is 10.2 Å².